The van der Waals surface area contributed by atoms with Gasteiger partial charge < -0.3 is 55.1 Å². The Labute approximate surface area is 692 Å². The fourth-order valence-corrected chi connectivity index (χ4v) is 25.1. The van der Waals surface area contributed by atoms with E-state index in [0.29, 0.717) is 99.6 Å². The summed E-state index contributed by atoms with van der Waals surface area (Å²) in [6.07, 6.45) is 29.2. The van der Waals surface area contributed by atoms with E-state index in [1.54, 1.807) is 13.0 Å². The fraction of sp³-hybridized carbons (Fsp3) is 0.656. The summed E-state index contributed by atoms with van der Waals surface area (Å²) >= 11 is 0. The molecule has 1 heterocycles. The molecule has 2 aromatic rings. The number of phenols is 2. The first-order valence-corrected chi connectivity index (χ1v) is 40.0. The number of phenolic OH excluding ortho intramolecular Hbond substituents is 2. The van der Waals surface area contributed by atoms with Gasteiger partial charge in [0.1, 0.15) is 30.5 Å². The van der Waals surface area contributed by atoms with Gasteiger partial charge in [-0.2, -0.15) is 0 Å². The van der Waals surface area contributed by atoms with Crippen LogP contribution in [0.1, 0.15) is 255 Å². The molecule has 1 saturated heterocycles. The molecule has 2 amide bonds. The van der Waals surface area contributed by atoms with Crippen molar-refractivity contribution in [1.82, 2.24) is 0 Å². The molecule has 10 aliphatic carbocycles. The van der Waals surface area contributed by atoms with Crippen LogP contribution in [0.5, 0.6) is 11.5 Å². The SMILES string of the molecule is C.C/C=C/C(=O)Nc1ccc(O)cc1C=O.CC1(C)CC[C@]2(C(=O)O)CC[C@]3(COC(=O)/C=C/c4cc(O)ccc4NC(=O)/C=C\C(=O)O)C(=CCC4[C@@]5(C)CCC(=O)C(C)(C)C5CC[C@]43C)C2C1.CCC(=O)OC[C@@]12CC[C@@]3(C(=O)O)CCC(C)(C)CC3C1=CCC1[C@@]3(C)CCC4(OCCO4)C(C)(C)C3CC[C@]12C.I.[V]. The van der Waals surface area contributed by atoms with Crippen molar-refractivity contribution < 1.29 is 106 Å². The van der Waals surface area contributed by atoms with Crippen molar-refractivity contribution in [2.75, 3.05) is 37.1 Å². The van der Waals surface area contributed by atoms with Gasteiger partial charge in [-0.1, -0.05) is 127 Å². The van der Waals surface area contributed by atoms with Gasteiger partial charge in [0.2, 0.25) is 11.8 Å². The number of ether oxygens (including phenoxy) is 4. The quantitative estimate of drug-likeness (QED) is 0.0218. The summed E-state index contributed by atoms with van der Waals surface area (Å²) in [5.41, 5.74) is 0.230. The van der Waals surface area contributed by atoms with Gasteiger partial charge in [-0.15, -0.1) is 24.0 Å². The molecule has 8 saturated carbocycles. The number of benzene rings is 2. The number of carbonyl (C=O) groups excluding carboxylic acids is 6. The number of halogens is 1. The van der Waals surface area contributed by atoms with Crippen LogP contribution in [0.4, 0.5) is 11.4 Å². The zero-order valence-electron chi connectivity index (χ0n) is 67.7. The first-order chi connectivity index (χ1) is 51.0. The zero-order valence-corrected chi connectivity index (χ0v) is 71.4. The number of carboxylic acid groups (broad SMARTS) is 3. The van der Waals surface area contributed by atoms with Gasteiger partial charge in [0, 0.05) is 94.5 Å². The molecule has 22 heteroatoms. The first kappa shape index (κ1) is 91.1. The second kappa shape index (κ2) is 33.3. The Morgan fingerprint density at radius 3 is 1.51 bits per heavy atom. The number of carbonyl (C=O) groups is 9. The maximum absolute atomic E-state index is 13.7. The Morgan fingerprint density at radius 1 is 0.562 bits per heavy atom. The largest absolute Gasteiger partial charge is 0.508 e. The van der Waals surface area contributed by atoms with Gasteiger partial charge in [0.25, 0.3) is 0 Å². The molecule has 1 aliphatic heterocycles. The average Bonchev–Trinajstić information content (AvgIpc) is 0.705. The monoisotopic (exact) mass is 1700 g/mol. The Bertz CT molecular complexity index is 4130. The van der Waals surface area contributed by atoms with Crippen LogP contribution in [0.25, 0.3) is 6.08 Å². The van der Waals surface area contributed by atoms with Gasteiger partial charge in [-0.25, -0.2) is 9.59 Å². The zero-order chi connectivity index (χ0) is 79.7. The second-order valence-electron chi connectivity index (χ2n) is 37.9. The molecule has 6 unspecified atom stereocenters. The van der Waals surface area contributed by atoms with E-state index in [-0.39, 0.29) is 158 Å². The number of ketones is 1. The number of hydrogen-bond acceptors (Lipinski definition) is 15. The number of esters is 2. The number of anilines is 2. The van der Waals surface area contributed by atoms with Crippen LogP contribution in [0, 0.1) is 100 Å². The standard InChI is InChI=1S/C43H55NO9.C35H54O6.C11H11NO3.CH4.HI.V/c1-38(2)19-20-42(37(51)52)21-22-43(25-53-36(50)14-7-26-23-27(45)8-10-30(26)44-34(47)12-13-35(48)49)28(29(42)24-38)9-11-32-40(5)17-16-33(46)39(3,4)31(40)15-18-41(32,43)6;1-8-27(36)39-22-34-17-16-33(28(37)38)15-13-29(2,3)21-24(33)23(34)9-10-26-31(6)14-18-35(40-19-20-41-35)30(4,5)25(31)11-12-32(26,34)7;1-2-3-11(15)12-10-5-4-9(14)6-8(10)7-13;;;/h7-10,12-14,23,29,31-32,45H,11,15-22,24-25H2,1-6H3,(H,44,47)(H,48,49)(H,51,52);9,24-26H,8,10-22H2,1-7H3,(H,37,38);2-7,14H,1H3,(H,12,15);1H4;1H;/b13-12-,14-7+;;3-2+;;;/t29?,31?,32?,40-,41+,42-,43-;24?,25?,26?,31-,32+,33-,34-;;;;/m00..../s1. The van der Waals surface area contributed by atoms with Gasteiger partial charge in [-0.05, 0) is 239 Å². The summed E-state index contributed by atoms with van der Waals surface area (Å²) in [5, 5.41) is 54.9. The number of rotatable bonds is 15. The van der Waals surface area contributed by atoms with Gasteiger partial charge in [-0.3, -0.25) is 33.6 Å². The number of aliphatic carboxylic acids is 3. The van der Waals surface area contributed by atoms with Crippen LogP contribution in [0.15, 0.2) is 90.1 Å². The number of nitrogens with one attached hydrogen (secondary N) is 2. The molecule has 2 aromatic carbocycles. The molecular weight excluding hydrogens is 1570 g/mol. The van der Waals surface area contributed by atoms with Crippen molar-refractivity contribution in [3.63, 3.8) is 0 Å². The summed E-state index contributed by atoms with van der Waals surface area (Å²) < 4.78 is 25.2. The minimum atomic E-state index is -1.28. The molecule has 13 rings (SSSR count). The number of amides is 2. The van der Waals surface area contributed by atoms with E-state index in [1.807, 2.05) is 6.92 Å². The summed E-state index contributed by atoms with van der Waals surface area (Å²) in [6.45, 7) is 33.2. The molecule has 11 aliphatic rings. The van der Waals surface area contributed by atoms with Gasteiger partial charge >= 0.3 is 29.8 Å². The van der Waals surface area contributed by atoms with Crippen molar-refractivity contribution in [3.8, 4) is 11.5 Å². The summed E-state index contributed by atoms with van der Waals surface area (Å²) in [6, 6.07) is 8.35. The van der Waals surface area contributed by atoms with Crippen molar-refractivity contribution >= 4 is 95.2 Å². The smallest absolute Gasteiger partial charge is 0.330 e. The van der Waals surface area contributed by atoms with E-state index in [0.717, 1.165) is 108 Å². The topological polar surface area (TPSA) is 316 Å². The molecule has 1 radical (unpaired) electrons. The molecule has 615 valence electrons. The van der Waals surface area contributed by atoms with Crippen molar-refractivity contribution in [3.05, 3.63) is 101 Å². The normalized spacial score (nSPS) is 34.9. The minimum absolute atomic E-state index is 0. The molecular formula is C90H125IN2O18V. The maximum atomic E-state index is 13.7. The Hall–Kier alpha value is -6.40. The van der Waals surface area contributed by atoms with E-state index in [2.05, 4.69) is 106 Å². The van der Waals surface area contributed by atoms with E-state index < -0.39 is 57.2 Å². The predicted molar refractivity (Wildman–Crippen MR) is 435 cm³/mol. The molecule has 0 bridgehead atoms. The Balaban J connectivity index is 0.000000236. The number of Topliss-reactive ketones (excluding diaryl/α,β-unsaturated/α-hetero) is 1. The van der Waals surface area contributed by atoms with Gasteiger partial charge in [0.05, 0.1) is 29.7 Å². The summed E-state index contributed by atoms with van der Waals surface area (Å²) in [4.78, 5) is 111. The average molecular weight is 1700 g/mol. The van der Waals surface area contributed by atoms with Crippen LogP contribution in [-0.4, -0.2) is 111 Å². The molecule has 7 N–H and O–H groups in total. The Morgan fingerprint density at radius 2 is 1.03 bits per heavy atom. The summed E-state index contributed by atoms with van der Waals surface area (Å²) in [7, 11) is 0. The molecule has 20 nitrogen and oxygen atoms in total. The molecule has 14 atom stereocenters. The van der Waals surface area contributed by atoms with Crippen LogP contribution in [0.2, 0.25) is 0 Å². The molecule has 1 spiro atoms. The molecule has 0 aromatic heterocycles. The minimum Gasteiger partial charge on any atom is -0.508 e. The molecule has 9 fully saturated rings. The first-order valence-electron chi connectivity index (χ1n) is 40.0. The number of aromatic hydroxyl groups is 2. The van der Waals surface area contributed by atoms with Crippen LogP contribution < -0.4 is 10.6 Å². The number of hydrogen-bond donors (Lipinski definition) is 7. The maximum Gasteiger partial charge on any atom is 0.330 e. The predicted octanol–water partition coefficient (Wildman–Crippen LogP) is 18.5. The Kier molecular flexibility index (Phi) is 27.1. The van der Waals surface area contributed by atoms with Crippen molar-refractivity contribution in [1.29, 1.82) is 0 Å². The third-order valence-electron chi connectivity index (χ3n) is 31.1. The second-order valence-corrected chi connectivity index (χ2v) is 37.9. The van der Waals surface area contributed by atoms with Crippen molar-refractivity contribution in [2.24, 2.45) is 100 Å². The van der Waals surface area contributed by atoms with E-state index in [1.165, 1.54) is 60.2 Å². The van der Waals surface area contributed by atoms with E-state index in [9.17, 15) is 58.5 Å². The number of aldehydes is 1. The third-order valence-corrected chi connectivity index (χ3v) is 31.1. The van der Waals surface area contributed by atoms with Crippen LogP contribution >= 0.6 is 24.0 Å². The summed E-state index contributed by atoms with van der Waals surface area (Å²) in [5.74, 6) is -3.57. The van der Waals surface area contributed by atoms with E-state index in [4.69, 9.17) is 29.2 Å². The van der Waals surface area contributed by atoms with Gasteiger partial charge in [0.15, 0.2) is 12.1 Å². The fourth-order valence-electron chi connectivity index (χ4n) is 25.1. The van der Waals surface area contributed by atoms with Crippen LogP contribution in [-0.2, 0) is 75.9 Å². The number of carboxylic acids is 3. The number of allylic oxidation sites excluding steroid dienone is 3. The van der Waals surface area contributed by atoms with E-state index >= 15 is 0 Å². The molecule has 112 heavy (non-hydrogen) atoms. The number of fused-ring (bicyclic) bond motifs is 14. The van der Waals surface area contributed by atoms with Crippen LogP contribution in [0.3, 0.4) is 0 Å². The van der Waals surface area contributed by atoms with Crippen molar-refractivity contribution in [2.45, 2.75) is 245 Å². The third kappa shape index (κ3) is 15.7.